The maximum Gasteiger partial charge on any atom is 0.236 e. The van der Waals surface area contributed by atoms with E-state index in [0.717, 1.165) is 54.5 Å². The molecule has 0 saturated carbocycles. The number of hydrogen-bond donors (Lipinski definition) is 1. The number of nitriles is 1. The van der Waals surface area contributed by atoms with E-state index in [9.17, 15) is 19.6 Å². The van der Waals surface area contributed by atoms with Crippen LogP contribution in [0.4, 0.5) is 21.3 Å². The Bertz CT molecular complexity index is 1990. The number of aliphatic hydroxyl groups excluding tert-OH is 1. The predicted octanol–water partition coefficient (Wildman–Crippen LogP) is 4.39. The number of benzene rings is 1. The van der Waals surface area contributed by atoms with Gasteiger partial charge < -0.3 is 19.8 Å². The number of rotatable bonds is 8. The number of carbonyl (C=O) groups excluding carboxylic acids is 1. The molecule has 1 aromatic carbocycles. The second-order valence-corrected chi connectivity index (χ2v) is 13.0. The lowest BCUT2D eigenvalue weighted by Crippen LogP contribution is -2.50. The van der Waals surface area contributed by atoms with Gasteiger partial charge in [0, 0.05) is 81.6 Å². The summed E-state index contributed by atoms with van der Waals surface area (Å²) in [5.74, 6) is 1.22. The van der Waals surface area contributed by atoms with Gasteiger partial charge in [-0.2, -0.15) is 5.26 Å². The van der Waals surface area contributed by atoms with Crippen LogP contribution in [0.1, 0.15) is 23.9 Å². The maximum absolute atomic E-state index is 13.6. The maximum atomic E-state index is 13.6. The Balaban J connectivity index is 0.00000417. The molecule has 4 aromatic heterocycles. The minimum absolute atomic E-state index is 0. The first-order chi connectivity index (χ1) is 23.3. The summed E-state index contributed by atoms with van der Waals surface area (Å²) in [6.45, 7) is 6.39. The lowest BCUT2D eigenvalue weighted by Gasteiger charge is -2.35. The van der Waals surface area contributed by atoms with Gasteiger partial charge in [-0.05, 0) is 49.2 Å². The second kappa shape index (κ2) is 14.4. The molecule has 12 nitrogen and oxygen atoms in total. The topological polar surface area (TPSA) is 130 Å². The first-order valence-corrected chi connectivity index (χ1v) is 16.8. The molecule has 1 amide bonds. The van der Waals surface area contributed by atoms with Crippen molar-refractivity contribution in [1.82, 2.24) is 34.1 Å². The van der Waals surface area contributed by atoms with Gasteiger partial charge >= 0.3 is 0 Å². The lowest BCUT2D eigenvalue weighted by atomic mass is 10.1. The molecule has 0 aliphatic carbocycles. The van der Waals surface area contributed by atoms with Crippen molar-refractivity contribution in [3.8, 4) is 28.5 Å². The van der Waals surface area contributed by atoms with E-state index >= 15 is 0 Å². The van der Waals surface area contributed by atoms with Crippen molar-refractivity contribution in [2.24, 2.45) is 0 Å². The normalized spacial score (nSPS) is 16.5. The molecule has 0 radical (unpaired) electrons. The number of thiazole rings is 1. The summed E-state index contributed by atoms with van der Waals surface area (Å²) in [6.07, 6.45) is 6.61. The molecule has 0 spiro atoms. The highest BCUT2D eigenvalue weighted by Crippen LogP contribution is 2.37. The Morgan fingerprint density at radius 1 is 1.04 bits per heavy atom. The fourth-order valence-electron chi connectivity index (χ4n) is 6.27. The third kappa shape index (κ3) is 6.93. The van der Waals surface area contributed by atoms with Crippen molar-refractivity contribution in [3.63, 3.8) is 0 Å². The number of amides is 1. The average Bonchev–Trinajstić information content (AvgIpc) is 3.85. The molecule has 2 aliphatic rings. The molecule has 1 N–H and O–H groups in total. The Morgan fingerprint density at radius 3 is 2.41 bits per heavy atom. The molecule has 2 aliphatic heterocycles. The summed E-state index contributed by atoms with van der Waals surface area (Å²) in [7, 11) is 1.91. The summed E-state index contributed by atoms with van der Waals surface area (Å²) in [6, 6.07) is 12.2. The molecule has 5 aromatic rings. The van der Waals surface area contributed by atoms with Crippen LogP contribution in [0.5, 0.6) is 0 Å². The highest BCUT2D eigenvalue weighted by molar-refractivity contribution is 7.16. The van der Waals surface area contributed by atoms with Crippen LogP contribution in [0.15, 0.2) is 55.0 Å². The standard InChI is InChI=1S/C34H35FN10O2S.ClH/c1-3-27-32(41(2)34-40-31(28(16-36)48-34)22-4-7-25(35)8-5-22)45-19-23(6-9-29(45)39-27)24-17-37-33(38-18-24)43-14-12-42(13-15-43)21-30(47)44-11-10-26(46)20-44;/h4-9,17-19,26,46H,3,10-15,20-21H2,1-2H3;1H/t26-;/m1./s1. The molecule has 2 saturated heterocycles. The van der Waals surface area contributed by atoms with Crippen LogP contribution in [-0.4, -0.2) is 104 Å². The van der Waals surface area contributed by atoms with E-state index in [2.05, 4.69) is 22.8 Å². The molecule has 6 heterocycles. The second-order valence-electron chi connectivity index (χ2n) is 12.1. The molecule has 7 rings (SSSR count). The largest absolute Gasteiger partial charge is 0.391 e. The summed E-state index contributed by atoms with van der Waals surface area (Å²) in [5.41, 5.74) is 4.65. The minimum atomic E-state index is -0.407. The van der Waals surface area contributed by atoms with Crippen molar-refractivity contribution < 1.29 is 14.3 Å². The van der Waals surface area contributed by atoms with Crippen molar-refractivity contribution in [2.45, 2.75) is 25.9 Å². The molecule has 254 valence electrons. The van der Waals surface area contributed by atoms with Gasteiger partial charge in [0.05, 0.1) is 18.3 Å². The van der Waals surface area contributed by atoms with Gasteiger partial charge in [-0.15, -0.1) is 12.4 Å². The number of aliphatic hydroxyl groups is 1. The zero-order valence-electron chi connectivity index (χ0n) is 27.2. The van der Waals surface area contributed by atoms with E-state index in [0.29, 0.717) is 59.7 Å². The number of hydrogen-bond acceptors (Lipinski definition) is 11. The fraction of sp³-hybridized carbons (Fsp3) is 0.353. The molecule has 0 bridgehead atoms. The van der Waals surface area contributed by atoms with Gasteiger partial charge in [0.25, 0.3) is 0 Å². The smallest absolute Gasteiger partial charge is 0.236 e. The van der Waals surface area contributed by atoms with Crippen LogP contribution in [0, 0.1) is 17.1 Å². The molecule has 1 atom stereocenters. The Morgan fingerprint density at radius 2 is 1.76 bits per heavy atom. The Hall–Kier alpha value is -4.68. The number of nitrogens with zero attached hydrogens (tertiary/aromatic N) is 10. The quantitative estimate of drug-likeness (QED) is 0.249. The number of imidazole rings is 1. The predicted molar refractivity (Wildman–Crippen MR) is 189 cm³/mol. The third-order valence-electron chi connectivity index (χ3n) is 8.94. The van der Waals surface area contributed by atoms with Gasteiger partial charge in [-0.1, -0.05) is 18.3 Å². The average molecular weight is 703 g/mol. The number of aromatic nitrogens is 5. The third-order valence-corrected chi connectivity index (χ3v) is 9.98. The lowest BCUT2D eigenvalue weighted by molar-refractivity contribution is -0.131. The van der Waals surface area contributed by atoms with Gasteiger partial charge in [0.1, 0.15) is 33.9 Å². The first-order valence-electron chi connectivity index (χ1n) is 16.0. The summed E-state index contributed by atoms with van der Waals surface area (Å²) in [4.78, 5) is 40.1. The SMILES string of the molecule is CCc1nc2ccc(-c3cnc(N4CCN(CC(=O)N5CC[C@@H](O)C5)CC4)nc3)cn2c1N(C)c1nc(-c2ccc(F)cc2)c(C#N)s1.Cl. The highest BCUT2D eigenvalue weighted by atomic mass is 35.5. The van der Waals surface area contributed by atoms with E-state index in [1.165, 1.54) is 23.5 Å². The zero-order valence-corrected chi connectivity index (χ0v) is 28.8. The summed E-state index contributed by atoms with van der Waals surface area (Å²) in [5, 5.41) is 20.2. The first kappa shape index (κ1) is 34.2. The number of likely N-dealkylation sites (tertiary alicyclic amines) is 1. The molecular weight excluding hydrogens is 667 g/mol. The van der Waals surface area contributed by atoms with Gasteiger partial charge in [-0.25, -0.2) is 24.3 Å². The Labute approximate surface area is 293 Å². The summed E-state index contributed by atoms with van der Waals surface area (Å²) >= 11 is 1.28. The van der Waals surface area contributed by atoms with Gasteiger partial charge in [-0.3, -0.25) is 14.1 Å². The van der Waals surface area contributed by atoms with Gasteiger partial charge in [0.2, 0.25) is 11.9 Å². The van der Waals surface area contributed by atoms with E-state index in [-0.39, 0.29) is 24.1 Å². The highest BCUT2D eigenvalue weighted by Gasteiger charge is 2.28. The van der Waals surface area contributed by atoms with Crippen LogP contribution in [0.25, 0.3) is 28.0 Å². The number of fused-ring (bicyclic) bond motifs is 1. The van der Waals surface area contributed by atoms with Crippen molar-refractivity contribution in [2.75, 3.05) is 62.7 Å². The van der Waals surface area contributed by atoms with Gasteiger partial charge in [0.15, 0.2) is 5.13 Å². The van der Waals surface area contributed by atoms with E-state index in [1.54, 1.807) is 17.0 Å². The van der Waals surface area contributed by atoms with E-state index < -0.39 is 6.10 Å². The van der Waals surface area contributed by atoms with Crippen LogP contribution < -0.4 is 9.80 Å². The monoisotopic (exact) mass is 702 g/mol. The molecule has 2 fully saturated rings. The number of pyridine rings is 1. The van der Waals surface area contributed by atoms with Crippen molar-refractivity contribution in [3.05, 3.63) is 71.4 Å². The molecule has 15 heteroatoms. The molecular formula is C34H36ClFN10O2S. The number of aryl methyl sites for hydroxylation is 1. The number of piperazine rings is 1. The van der Waals surface area contributed by atoms with Crippen LogP contribution >= 0.6 is 23.7 Å². The van der Waals surface area contributed by atoms with E-state index in [4.69, 9.17) is 19.9 Å². The van der Waals surface area contributed by atoms with E-state index in [1.807, 2.05) is 47.1 Å². The van der Waals surface area contributed by atoms with Crippen LogP contribution in [0.3, 0.4) is 0 Å². The van der Waals surface area contributed by atoms with Crippen molar-refractivity contribution in [1.29, 1.82) is 5.26 Å². The number of anilines is 3. The molecule has 49 heavy (non-hydrogen) atoms. The number of β-amino-alcohol motifs (C(OH)–C–C–N with tert-alkyl or cyclic N) is 1. The zero-order chi connectivity index (χ0) is 33.4. The number of halogens is 2. The number of carbonyl (C=O) groups is 1. The van der Waals surface area contributed by atoms with Crippen LogP contribution in [0.2, 0.25) is 0 Å². The Kier molecular flexibility index (Phi) is 10.1. The van der Waals surface area contributed by atoms with Crippen molar-refractivity contribution >= 4 is 52.2 Å². The minimum Gasteiger partial charge on any atom is -0.391 e. The molecule has 0 unspecified atom stereocenters. The fourth-order valence-corrected chi connectivity index (χ4v) is 7.11. The summed E-state index contributed by atoms with van der Waals surface area (Å²) < 4.78 is 15.6. The van der Waals surface area contributed by atoms with Crippen LogP contribution in [-0.2, 0) is 11.2 Å².